The first-order valence-corrected chi connectivity index (χ1v) is 7.33. The summed E-state index contributed by atoms with van der Waals surface area (Å²) in [6.07, 6.45) is -0.477. The van der Waals surface area contributed by atoms with Gasteiger partial charge in [-0.2, -0.15) is 5.26 Å². The number of rotatable bonds is 4. The Morgan fingerprint density at radius 1 is 1.32 bits per heavy atom. The molecule has 0 bridgehead atoms. The van der Waals surface area contributed by atoms with Gasteiger partial charge in [-0.1, -0.05) is 0 Å². The Morgan fingerprint density at radius 3 is 2.53 bits per heavy atom. The highest BCUT2D eigenvalue weighted by Crippen LogP contribution is 2.13. The number of nitrogens with zero attached hydrogens (tertiary/aromatic N) is 2. The number of hydrogen-bond donors (Lipinski definition) is 0. The number of benzene rings is 1. The Labute approximate surface area is 111 Å². The molecule has 6 nitrogen and oxygen atoms in total. The van der Waals surface area contributed by atoms with Gasteiger partial charge >= 0.3 is 6.09 Å². The lowest BCUT2D eigenvalue weighted by molar-refractivity contribution is 0.160. The van der Waals surface area contributed by atoms with E-state index in [1.807, 2.05) is 6.07 Å². The first-order chi connectivity index (χ1) is 9.03. The summed E-state index contributed by atoms with van der Waals surface area (Å²) in [5.41, 5.74) is 0.405. The number of cyclic esters (lactones) is 1. The lowest BCUT2D eigenvalue weighted by atomic mass is 10.2. The molecule has 1 heterocycles. The minimum atomic E-state index is -3.46. The van der Waals surface area contributed by atoms with Crippen molar-refractivity contribution in [3.05, 3.63) is 29.8 Å². The van der Waals surface area contributed by atoms with Crippen LogP contribution in [-0.4, -0.2) is 44.9 Å². The van der Waals surface area contributed by atoms with Gasteiger partial charge in [0.1, 0.15) is 6.61 Å². The third kappa shape index (κ3) is 3.03. The molecule has 1 aliphatic rings. The SMILES string of the molecule is N#Cc1ccc(S(=O)(=O)CCN2CCOC2=O)cc1. The minimum Gasteiger partial charge on any atom is -0.448 e. The number of carbonyl (C=O) groups excluding carboxylic acids is 1. The average Bonchev–Trinajstić information content (AvgIpc) is 2.82. The number of sulfone groups is 1. The van der Waals surface area contributed by atoms with Crippen molar-refractivity contribution < 1.29 is 17.9 Å². The summed E-state index contributed by atoms with van der Waals surface area (Å²) in [4.78, 5) is 12.7. The second-order valence-corrected chi connectivity index (χ2v) is 6.17. The van der Waals surface area contributed by atoms with Crippen LogP contribution in [0.2, 0.25) is 0 Å². The van der Waals surface area contributed by atoms with Gasteiger partial charge in [0.15, 0.2) is 9.84 Å². The van der Waals surface area contributed by atoms with Gasteiger partial charge in [0.25, 0.3) is 0 Å². The summed E-state index contributed by atoms with van der Waals surface area (Å²) >= 11 is 0. The van der Waals surface area contributed by atoms with Crippen molar-refractivity contribution in [3.8, 4) is 6.07 Å². The van der Waals surface area contributed by atoms with Crippen molar-refractivity contribution in [1.29, 1.82) is 5.26 Å². The predicted molar refractivity (Wildman–Crippen MR) is 66.1 cm³/mol. The Morgan fingerprint density at radius 2 is 2.00 bits per heavy atom. The molecule has 1 fully saturated rings. The van der Waals surface area contributed by atoms with E-state index in [1.54, 1.807) is 0 Å². The van der Waals surface area contributed by atoms with Crippen LogP contribution in [0, 0.1) is 11.3 Å². The van der Waals surface area contributed by atoms with Crippen molar-refractivity contribution in [3.63, 3.8) is 0 Å². The molecule has 0 N–H and O–H groups in total. The highest BCUT2D eigenvalue weighted by atomic mass is 32.2. The van der Waals surface area contributed by atoms with Crippen LogP contribution >= 0.6 is 0 Å². The van der Waals surface area contributed by atoms with Gasteiger partial charge in [-0.15, -0.1) is 0 Å². The van der Waals surface area contributed by atoms with E-state index < -0.39 is 15.9 Å². The zero-order valence-corrected chi connectivity index (χ0v) is 10.9. The first kappa shape index (κ1) is 13.4. The minimum absolute atomic E-state index is 0.112. The monoisotopic (exact) mass is 280 g/mol. The number of ether oxygens (including phenoxy) is 1. The first-order valence-electron chi connectivity index (χ1n) is 5.67. The van der Waals surface area contributed by atoms with E-state index in [2.05, 4.69) is 0 Å². The lowest BCUT2D eigenvalue weighted by Crippen LogP contribution is -2.30. The normalized spacial score (nSPS) is 15.1. The molecule has 1 aromatic rings. The zero-order valence-electron chi connectivity index (χ0n) is 10.1. The van der Waals surface area contributed by atoms with Crippen LogP contribution in [-0.2, 0) is 14.6 Å². The predicted octanol–water partition coefficient (Wildman–Crippen LogP) is 0.784. The maximum atomic E-state index is 12.0. The lowest BCUT2D eigenvalue weighted by Gasteiger charge is -2.12. The maximum Gasteiger partial charge on any atom is 0.409 e. The standard InChI is InChI=1S/C12H12N2O4S/c13-9-10-1-3-11(4-2-10)19(16,17)8-6-14-5-7-18-12(14)15/h1-4H,5-8H2. The molecule has 0 spiro atoms. The van der Waals surface area contributed by atoms with Crippen LogP contribution in [0.25, 0.3) is 0 Å². The summed E-state index contributed by atoms with van der Waals surface area (Å²) < 4.78 is 28.8. The molecule has 100 valence electrons. The van der Waals surface area contributed by atoms with Gasteiger partial charge in [0.05, 0.1) is 28.8 Å². The fourth-order valence-electron chi connectivity index (χ4n) is 1.71. The van der Waals surface area contributed by atoms with E-state index >= 15 is 0 Å². The van der Waals surface area contributed by atoms with E-state index in [9.17, 15) is 13.2 Å². The summed E-state index contributed by atoms with van der Waals surface area (Å²) in [7, 11) is -3.46. The molecule has 1 saturated heterocycles. The molecule has 0 aliphatic carbocycles. The molecule has 19 heavy (non-hydrogen) atoms. The molecule has 0 unspecified atom stereocenters. The molecule has 0 atom stereocenters. The van der Waals surface area contributed by atoms with E-state index in [1.165, 1.54) is 29.2 Å². The molecule has 0 saturated carbocycles. The van der Waals surface area contributed by atoms with Crippen LogP contribution < -0.4 is 0 Å². The molecule has 0 radical (unpaired) electrons. The summed E-state index contributed by atoms with van der Waals surface area (Å²) in [5, 5.41) is 8.65. The molecule has 1 aromatic carbocycles. The van der Waals surface area contributed by atoms with E-state index in [-0.39, 0.29) is 17.2 Å². The van der Waals surface area contributed by atoms with Crippen molar-refractivity contribution in [2.45, 2.75) is 4.90 Å². The average molecular weight is 280 g/mol. The second kappa shape index (κ2) is 5.28. The topological polar surface area (TPSA) is 87.5 Å². The summed E-state index contributed by atoms with van der Waals surface area (Å²) in [5.74, 6) is -0.159. The van der Waals surface area contributed by atoms with Crippen LogP contribution in [0.1, 0.15) is 5.56 Å². The van der Waals surface area contributed by atoms with Gasteiger partial charge < -0.3 is 9.64 Å². The quantitative estimate of drug-likeness (QED) is 0.813. The van der Waals surface area contributed by atoms with Gasteiger partial charge in [-0.3, -0.25) is 0 Å². The van der Waals surface area contributed by atoms with Crippen LogP contribution in [0.5, 0.6) is 0 Å². The fraction of sp³-hybridized carbons (Fsp3) is 0.333. The molecule has 1 aliphatic heterocycles. The van der Waals surface area contributed by atoms with Crippen LogP contribution in [0.3, 0.4) is 0 Å². The van der Waals surface area contributed by atoms with Gasteiger partial charge in [0.2, 0.25) is 0 Å². The highest BCUT2D eigenvalue weighted by molar-refractivity contribution is 7.91. The van der Waals surface area contributed by atoms with Crippen molar-refractivity contribution in [2.24, 2.45) is 0 Å². The van der Waals surface area contributed by atoms with Crippen molar-refractivity contribution in [2.75, 3.05) is 25.4 Å². The number of nitriles is 1. The fourth-order valence-corrected chi connectivity index (χ4v) is 2.96. The summed E-state index contributed by atoms with van der Waals surface area (Å²) in [6, 6.07) is 7.63. The van der Waals surface area contributed by atoms with Crippen molar-refractivity contribution >= 4 is 15.9 Å². The Hall–Kier alpha value is -2.07. The van der Waals surface area contributed by atoms with E-state index in [0.29, 0.717) is 18.7 Å². The second-order valence-electron chi connectivity index (χ2n) is 4.06. The Bertz CT molecular complexity index is 616. The number of hydrogen-bond acceptors (Lipinski definition) is 5. The third-order valence-electron chi connectivity index (χ3n) is 2.82. The van der Waals surface area contributed by atoms with Gasteiger partial charge in [0, 0.05) is 6.54 Å². The number of amides is 1. The highest BCUT2D eigenvalue weighted by Gasteiger charge is 2.24. The zero-order chi connectivity index (χ0) is 13.9. The number of carbonyl (C=O) groups is 1. The maximum absolute atomic E-state index is 12.0. The van der Waals surface area contributed by atoms with Gasteiger partial charge in [-0.25, -0.2) is 13.2 Å². The summed E-state index contributed by atoms with van der Waals surface area (Å²) in [6.45, 7) is 0.832. The Balaban J connectivity index is 2.05. The van der Waals surface area contributed by atoms with E-state index in [0.717, 1.165) is 0 Å². The molecule has 7 heteroatoms. The van der Waals surface area contributed by atoms with Crippen molar-refractivity contribution in [1.82, 2.24) is 4.90 Å². The van der Waals surface area contributed by atoms with Gasteiger partial charge in [-0.05, 0) is 24.3 Å². The Kier molecular flexibility index (Phi) is 3.71. The van der Waals surface area contributed by atoms with Crippen LogP contribution in [0.15, 0.2) is 29.2 Å². The van der Waals surface area contributed by atoms with E-state index in [4.69, 9.17) is 10.00 Å². The molecule has 2 rings (SSSR count). The molecular formula is C12H12N2O4S. The largest absolute Gasteiger partial charge is 0.448 e. The molecule has 0 aromatic heterocycles. The third-order valence-corrected chi connectivity index (χ3v) is 4.53. The smallest absolute Gasteiger partial charge is 0.409 e. The van der Waals surface area contributed by atoms with Crippen LogP contribution in [0.4, 0.5) is 4.79 Å². The molecule has 1 amide bonds. The molecular weight excluding hydrogens is 268 g/mol.